The number of carbonyl (C=O) groups excluding carboxylic acids is 1. The molecule has 2 heterocycles. The van der Waals surface area contributed by atoms with Crippen LogP contribution in [0, 0.1) is 0 Å². The molecule has 0 unspecified atom stereocenters. The van der Waals surface area contributed by atoms with Crippen LogP contribution in [-0.2, 0) is 4.74 Å². The highest BCUT2D eigenvalue weighted by atomic mass is 35.5. The zero-order valence-electron chi connectivity index (χ0n) is 17.4. The van der Waals surface area contributed by atoms with Crippen LogP contribution >= 0.6 is 11.6 Å². The van der Waals surface area contributed by atoms with E-state index in [0.717, 1.165) is 33.3 Å². The van der Waals surface area contributed by atoms with Gasteiger partial charge in [-0.15, -0.1) is 10.2 Å². The Bertz CT molecular complexity index is 1120. The molecule has 3 aromatic rings. The summed E-state index contributed by atoms with van der Waals surface area (Å²) in [6.45, 7) is 6.72. The summed E-state index contributed by atoms with van der Waals surface area (Å²) in [5.41, 5.74) is 3.27. The molecular formula is C24H24ClN3O2. The van der Waals surface area contributed by atoms with Crippen LogP contribution in [0.5, 0.6) is 0 Å². The number of nitrogens with zero attached hydrogens (tertiary/aromatic N) is 3. The average Bonchev–Trinajstić information content (AvgIpc) is 2.73. The lowest BCUT2D eigenvalue weighted by Crippen LogP contribution is -2.39. The van der Waals surface area contributed by atoms with Gasteiger partial charge in [-0.2, -0.15) is 0 Å². The van der Waals surface area contributed by atoms with Crippen molar-refractivity contribution in [2.45, 2.75) is 32.8 Å². The van der Waals surface area contributed by atoms with E-state index in [4.69, 9.17) is 16.3 Å². The van der Waals surface area contributed by atoms with Gasteiger partial charge in [0.25, 0.3) is 0 Å². The van der Waals surface area contributed by atoms with Gasteiger partial charge in [-0.1, -0.05) is 54.1 Å². The highest BCUT2D eigenvalue weighted by molar-refractivity contribution is 6.30. The smallest absolute Gasteiger partial charge is 0.410 e. The third-order valence-electron chi connectivity index (χ3n) is 4.97. The number of fused-ring (bicyclic) bond motifs is 1. The highest BCUT2D eigenvalue weighted by Crippen LogP contribution is 2.32. The molecule has 0 bridgehead atoms. The predicted molar refractivity (Wildman–Crippen MR) is 120 cm³/mol. The van der Waals surface area contributed by atoms with E-state index in [-0.39, 0.29) is 6.09 Å². The summed E-state index contributed by atoms with van der Waals surface area (Å²) in [4.78, 5) is 14.0. The monoisotopic (exact) mass is 421 g/mol. The molecule has 0 radical (unpaired) electrons. The Morgan fingerprint density at radius 1 is 1.00 bits per heavy atom. The number of ether oxygens (including phenoxy) is 1. The zero-order chi connectivity index (χ0) is 21.3. The first-order valence-corrected chi connectivity index (χ1v) is 10.4. The molecule has 0 N–H and O–H groups in total. The summed E-state index contributed by atoms with van der Waals surface area (Å²) in [5, 5.41) is 11.9. The fourth-order valence-electron chi connectivity index (χ4n) is 3.54. The molecule has 1 aliphatic rings. The van der Waals surface area contributed by atoms with Crippen molar-refractivity contribution in [1.29, 1.82) is 0 Å². The zero-order valence-corrected chi connectivity index (χ0v) is 18.1. The van der Waals surface area contributed by atoms with E-state index in [1.54, 1.807) is 4.90 Å². The Morgan fingerprint density at radius 3 is 2.23 bits per heavy atom. The quantitative estimate of drug-likeness (QED) is 0.511. The molecule has 6 heteroatoms. The minimum atomic E-state index is -0.500. The number of benzene rings is 2. The third-order valence-corrected chi connectivity index (χ3v) is 5.22. The van der Waals surface area contributed by atoms with Crippen LogP contribution in [0.2, 0.25) is 5.02 Å². The summed E-state index contributed by atoms with van der Waals surface area (Å²) >= 11 is 6.03. The van der Waals surface area contributed by atoms with E-state index in [0.29, 0.717) is 24.5 Å². The maximum Gasteiger partial charge on any atom is 0.410 e. The van der Waals surface area contributed by atoms with Gasteiger partial charge in [0.15, 0.2) is 0 Å². The molecule has 0 fully saturated rings. The van der Waals surface area contributed by atoms with Gasteiger partial charge in [0.2, 0.25) is 0 Å². The summed E-state index contributed by atoms with van der Waals surface area (Å²) in [7, 11) is 0. The Hall–Kier alpha value is -2.92. The van der Waals surface area contributed by atoms with Crippen molar-refractivity contribution in [3.8, 4) is 11.3 Å². The van der Waals surface area contributed by atoms with E-state index in [1.807, 2.05) is 63.2 Å². The minimum Gasteiger partial charge on any atom is -0.444 e. The second kappa shape index (κ2) is 8.07. The Labute approximate surface area is 181 Å². The Morgan fingerprint density at radius 2 is 1.63 bits per heavy atom. The topological polar surface area (TPSA) is 55.3 Å². The molecule has 4 rings (SSSR count). The molecule has 0 spiro atoms. The summed E-state index contributed by atoms with van der Waals surface area (Å²) in [6.07, 6.45) is 2.47. The van der Waals surface area contributed by atoms with Crippen LogP contribution < -0.4 is 0 Å². The standard InChI is InChI=1S/C24H24ClN3O2/c1-24(2,3)30-23(29)28-14-12-17(13-15-28)22-20-7-5-4-6-19(20)21(26-27-22)16-8-10-18(25)11-9-16/h4-12H,13-15H2,1-3H3. The normalized spacial score (nSPS) is 14.5. The van der Waals surface area contributed by atoms with Gasteiger partial charge >= 0.3 is 6.09 Å². The molecule has 0 saturated heterocycles. The van der Waals surface area contributed by atoms with Gasteiger partial charge in [0.1, 0.15) is 11.3 Å². The average molecular weight is 422 g/mol. The SMILES string of the molecule is CC(C)(C)OC(=O)N1CC=C(c2nnc(-c3ccc(Cl)cc3)c3ccccc23)CC1. The second-order valence-corrected chi connectivity index (χ2v) is 8.79. The van der Waals surface area contributed by atoms with Gasteiger partial charge in [-0.25, -0.2) is 4.79 Å². The van der Waals surface area contributed by atoms with E-state index >= 15 is 0 Å². The molecular weight excluding hydrogens is 398 g/mol. The largest absolute Gasteiger partial charge is 0.444 e. The van der Waals surface area contributed by atoms with Crippen LogP contribution in [0.3, 0.4) is 0 Å². The van der Waals surface area contributed by atoms with Gasteiger partial charge in [0.05, 0.1) is 5.69 Å². The highest BCUT2D eigenvalue weighted by Gasteiger charge is 2.25. The first kappa shape index (κ1) is 20.4. The van der Waals surface area contributed by atoms with Crippen molar-refractivity contribution in [2.75, 3.05) is 13.1 Å². The maximum absolute atomic E-state index is 12.3. The molecule has 1 aromatic heterocycles. The molecule has 0 atom stereocenters. The van der Waals surface area contributed by atoms with Gasteiger partial charge in [0, 0.05) is 34.4 Å². The molecule has 30 heavy (non-hydrogen) atoms. The molecule has 1 aliphatic heterocycles. The van der Waals surface area contributed by atoms with E-state index in [2.05, 4.69) is 22.3 Å². The van der Waals surface area contributed by atoms with Crippen LogP contribution in [-0.4, -0.2) is 39.9 Å². The molecule has 154 valence electrons. The van der Waals surface area contributed by atoms with Crippen molar-refractivity contribution >= 4 is 34.0 Å². The van der Waals surface area contributed by atoms with Gasteiger partial charge < -0.3 is 9.64 Å². The van der Waals surface area contributed by atoms with Crippen molar-refractivity contribution in [1.82, 2.24) is 15.1 Å². The van der Waals surface area contributed by atoms with E-state index in [9.17, 15) is 4.79 Å². The van der Waals surface area contributed by atoms with Gasteiger partial charge in [-0.05, 0) is 44.9 Å². The lowest BCUT2D eigenvalue weighted by atomic mass is 9.97. The number of aromatic nitrogens is 2. The lowest BCUT2D eigenvalue weighted by molar-refractivity contribution is 0.0270. The minimum absolute atomic E-state index is 0.285. The summed E-state index contributed by atoms with van der Waals surface area (Å²) in [5.74, 6) is 0. The van der Waals surface area contributed by atoms with Crippen LogP contribution in [0.15, 0.2) is 54.6 Å². The van der Waals surface area contributed by atoms with Crippen molar-refractivity contribution in [3.63, 3.8) is 0 Å². The fraction of sp³-hybridized carbons (Fsp3) is 0.292. The number of amides is 1. The second-order valence-electron chi connectivity index (χ2n) is 8.36. The molecule has 1 amide bonds. The third kappa shape index (κ3) is 4.31. The Balaban J connectivity index is 1.65. The summed E-state index contributed by atoms with van der Waals surface area (Å²) in [6, 6.07) is 15.8. The summed E-state index contributed by atoms with van der Waals surface area (Å²) < 4.78 is 5.48. The number of halogens is 1. The number of rotatable bonds is 2. The van der Waals surface area contributed by atoms with Crippen LogP contribution in [0.4, 0.5) is 4.79 Å². The maximum atomic E-state index is 12.3. The molecule has 0 saturated carbocycles. The molecule has 2 aromatic carbocycles. The molecule has 5 nitrogen and oxygen atoms in total. The number of carbonyl (C=O) groups is 1. The Kier molecular flexibility index (Phi) is 5.48. The van der Waals surface area contributed by atoms with Crippen molar-refractivity contribution < 1.29 is 9.53 Å². The van der Waals surface area contributed by atoms with Crippen LogP contribution in [0.25, 0.3) is 27.6 Å². The van der Waals surface area contributed by atoms with Gasteiger partial charge in [-0.3, -0.25) is 0 Å². The number of hydrogen-bond donors (Lipinski definition) is 0. The first-order valence-electron chi connectivity index (χ1n) is 10.0. The predicted octanol–water partition coefficient (Wildman–Crippen LogP) is 5.97. The fourth-order valence-corrected chi connectivity index (χ4v) is 3.66. The van der Waals surface area contributed by atoms with Crippen LogP contribution in [0.1, 0.15) is 32.9 Å². The first-order chi connectivity index (χ1) is 14.3. The van der Waals surface area contributed by atoms with E-state index < -0.39 is 5.60 Å². The lowest BCUT2D eigenvalue weighted by Gasteiger charge is -2.29. The molecule has 0 aliphatic carbocycles. The van der Waals surface area contributed by atoms with Crippen molar-refractivity contribution in [2.24, 2.45) is 0 Å². The van der Waals surface area contributed by atoms with E-state index in [1.165, 1.54) is 0 Å². The van der Waals surface area contributed by atoms with Crippen molar-refractivity contribution in [3.05, 3.63) is 65.3 Å². The number of hydrogen-bond acceptors (Lipinski definition) is 4.